The summed E-state index contributed by atoms with van der Waals surface area (Å²) in [5.74, 6) is 4.51. The number of ether oxygens (including phenoxy) is 1. The van der Waals surface area contributed by atoms with Gasteiger partial charge in [0, 0.05) is 0 Å². The van der Waals surface area contributed by atoms with Crippen LogP contribution < -0.4 is 16.0 Å². The van der Waals surface area contributed by atoms with E-state index in [9.17, 15) is 23.3 Å². The molecule has 0 bridgehead atoms. The molecule has 1 rings (SSSR count). The van der Waals surface area contributed by atoms with Crippen LogP contribution >= 0.6 is 0 Å². The summed E-state index contributed by atoms with van der Waals surface area (Å²) in [7, 11) is 0. The molecule has 0 aliphatic carbocycles. The zero-order valence-corrected chi connectivity index (χ0v) is 8.32. The zero-order valence-electron chi connectivity index (χ0n) is 8.32. The van der Waals surface area contributed by atoms with Crippen molar-refractivity contribution in [3.8, 4) is 5.75 Å². The molecule has 0 saturated heterocycles. The number of nitrogen functional groups attached to an aromatic ring is 1. The molecule has 6 nitrogen and oxygen atoms in total. The van der Waals surface area contributed by atoms with Gasteiger partial charge in [0.15, 0.2) is 12.4 Å². The highest BCUT2D eigenvalue weighted by Crippen LogP contribution is 2.34. The van der Waals surface area contributed by atoms with Gasteiger partial charge in [-0.15, -0.1) is 0 Å². The van der Waals surface area contributed by atoms with Crippen LogP contribution in [-0.2, 0) is 0 Å². The third-order valence-corrected chi connectivity index (χ3v) is 1.73. The van der Waals surface area contributed by atoms with Crippen LogP contribution in [0.15, 0.2) is 18.2 Å². The molecule has 0 spiro atoms. The van der Waals surface area contributed by atoms with Gasteiger partial charge >= 0.3 is 11.9 Å². The highest BCUT2D eigenvalue weighted by molar-refractivity contribution is 5.67. The molecule has 9 heteroatoms. The Kier molecular flexibility index (Phi) is 3.73. The highest BCUT2D eigenvalue weighted by Gasteiger charge is 2.30. The lowest BCUT2D eigenvalue weighted by atomic mass is 10.2. The average molecular weight is 251 g/mol. The molecule has 0 unspecified atom stereocenters. The Balaban J connectivity index is 3.02. The zero-order chi connectivity index (χ0) is 13.1. The van der Waals surface area contributed by atoms with E-state index in [1.807, 2.05) is 5.43 Å². The number of hydrazine groups is 1. The van der Waals surface area contributed by atoms with Gasteiger partial charge in [-0.1, -0.05) is 6.07 Å². The van der Waals surface area contributed by atoms with Crippen LogP contribution in [-0.4, -0.2) is 17.7 Å². The third kappa shape index (κ3) is 3.48. The number of hydrogen-bond donors (Lipinski definition) is 2. The fraction of sp³-hybridized carbons (Fsp3) is 0.250. The molecular formula is C8H8F3N3O3. The van der Waals surface area contributed by atoms with E-state index in [0.717, 1.165) is 6.07 Å². The Morgan fingerprint density at radius 1 is 1.47 bits per heavy atom. The van der Waals surface area contributed by atoms with Gasteiger partial charge in [0.25, 0.3) is 0 Å². The van der Waals surface area contributed by atoms with Gasteiger partial charge in [-0.3, -0.25) is 16.0 Å². The lowest BCUT2D eigenvalue weighted by molar-refractivity contribution is -0.385. The number of nitro benzene ring substituents is 1. The standard InChI is InChI=1S/C8H8F3N3O3/c9-8(10,11)4-17-6-3-1-2-5(13-12)7(6)14(15)16/h1-3,13H,4,12H2. The minimum absolute atomic E-state index is 0.130. The number of halogens is 3. The van der Waals surface area contributed by atoms with Gasteiger partial charge < -0.3 is 10.2 Å². The van der Waals surface area contributed by atoms with Crippen LogP contribution in [0.1, 0.15) is 0 Å². The van der Waals surface area contributed by atoms with E-state index in [1.165, 1.54) is 12.1 Å². The van der Waals surface area contributed by atoms with Gasteiger partial charge in [0.05, 0.1) is 4.92 Å². The number of anilines is 1. The Bertz CT molecular complexity index is 422. The van der Waals surface area contributed by atoms with Crippen LogP contribution in [0.4, 0.5) is 24.5 Å². The molecular weight excluding hydrogens is 243 g/mol. The summed E-state index contributed by atoms with van der Waals surface area (Å²) in [5.41, 5.74) is 1.24. The Hall–Kier alpha value is -2.03. The van der Waals surface area contributed by atoms with Crippen LogP contribution in [0.25, 0.3) is 0 Å². The Morgan fingerprint density at radius 2 is 2.12 bits per heavy atom. The molecule has 1 aromatic rings. The molecule has 0 atom stereocenters. The van der Waals surface area contributed by atoms with E-state index in [2.05, 4.69) is 4.74 Å². The van der Waals surface area contributed by atoms with E-state index >= 15 is 0 Å². The number of alkyl halides is 3. The number of benzene rings is 1. The van der Waals surface area contributed by atoms with Gasteiger partial charge in [-0.25, -0.2) is 0 Å². The first-order valence-corrected chi connectivity index (χ1v) is 4.28. The van der Waals surface area contributed by atoms with E-state index < -0.39 is 29.1 Å². The van der Waals surface area contributed by atoms with Crippen LogP contribution in [0.5, 0.6) is 5.75 Å². The molecule has 1 aromatic carbocycles. The predicted octanol–water partition coefficient (Wildman–Crippen LogP) is 1.82. The maximum Gasteiger partial charge on any atom is 0.422 e. The molecule has 17 heavy (non-hydrogen) atoms. The largest absolute Gasteiger partial charge is 0.477 e. The van der Waals surface area contributed by atoms with E-state index in [4.69, 9.17) is 5.84 Å². The molecule has 0 fully saturated rings. The van der Waals surface area contributed by atoms with Crippen molar-refractivity contribution in [2.45, 2.75) is 6.18 Å². The summed E-state index contributed by atoms with van der Waals surface area (Å²) in [5, 5.41) is 10.7. The van der Waals surface area contributed by atoms with Crippen molar-refractivity contribution in [3.63, 3.8) is 0 Å². The van der Waals surface area contributed by atoms with Crippen molar-refractivity contribution in [1.29, 1.82) is 0 Å². The van der Waals surface area contributed by atoms with Crippen LogP contribution in [0.3, 0.4) is 0 Å². The summed E-state index contributed by atoms with van der Waals surface area (Å²) in [4.78, 5) is 9.80. The maximum absolute atomic E-state index is 11.9. The van der Waals surface area contributed by atoms with Crippen LogP contribution in [0.2, 0.25) is 0 Å². The molecule has 0 aliphatic rings. The molecule has 0 aromatic heterocycles. The molecule has 0 amide bonds. The SMILES string of the molecule is NNc1cccc(OCC(F)(F)F)c1[N+](=O)[O-]. The van der Waals surface area contributed by atoms with Crippen molar-refractivity contribution in [2.75, 3.05) is 12.0 Å². The second kappa shape index (κ2) is 4.87. The Morgan fingerprint density at radius 3 is 2.59 bits per heavy atom. The number of nitrogens with one attached hydrogen (secondary N) is 1. The number of para-hydroxylation sites is 1. The summed E-state index contributed by atoms with van der Waals surface area (Å²) >= 11 is 0. The first-order chi connectivity index (χ1) is 7.85. The number of nitrogens with two attached hydrogens (primary N) is 1. The highest BCUT2D eigenvalue weighted by atomic mass is 19.4. The normalized spacial score (nSPS) is 11.1. The van der Waals surface area contributed by atoms with Crippen molar-refractivity contribution < 1.29 is 22.8 Å². The average Bonchev–Trinajstić information content (AvgIpc) is 2.24. The summed E-state index contributed by atoms with van der Waals surface area (Å²) < 4.78 is 40.1. The quantitative estimate of drug-likeness (QED) is 0.484. The van der Waals surface area contributed by atoms with E-state index in [-0.39, 0.29) is 5.69 Å². The van der Waals surface area contributed by atoms with Crippen molar-refractivity contribution in [2.24, 2.45) is 5.84 Å². The van der Waals surface area contributed by atoms with Crippen molar-refractivity contribution >= 4 is 11.4 Å². The van der Waals surface area contributed by atoms with Crippen LogP contribution in [0, 0.1) is 10.1 Å². The first kappa shape index (κ1) is 13.0. The van der Waals surface area contributed by atoms with Gasteiger partial charge in [-0.05, 0) is 12.1 Å². The number of nitro groups is 1. The maximum atomic E-state index is 11.9. The monoisotopic (exact) mass is 251 g/mol. The summed E-state index contributed by atoms with van der Waals surface area (Å²) in [6, 6.07) is 3.59. The van der Waals surface area contributed by atoms with E-state index in [1.54, 1.807) is 0 Å². The molecule has 0 saturated carbocycles. The lowest BCUT2D eigenvalue weighted by Gasteiger charge is -2.10. The number of hydrogen-bond acceptors (Lipinski definition) is 5. The predicted molar refractivity (Wildman–Crippen MR) is 52.5 cm³/mol. The fourth-order valence-electron chi connectivity index (χ4n) is 1.10. The minimum atomic E-state index is -4.57. The Labute approximate surface area is 93.3 Å². The lowest BCUT2D eigenvalue weighted by Crippen LogP contribution is -2.20. The molecule has 0 heterocycles. The van der Waals surface area contributed by atoms with Gasteiger partial charge in [0.2, 0.25) is 0 Å². The minimum Gasteiger partial charge on any atom is -0.477 e. The molecule has 94 valence electrons. The van der Waals surface area contributed by atoms with Gasteiger partial charge in [-0.2, -0.15) is 13.2 Å². The fourth-order valence-corrected chi connectivity index (χ4v) is 1.10. The smallest absolute Gasteiger partial charge is 0.422 e. The number of nitrogens with zero attached hydrogens (tertiary/aromatic N) is 1. The van der Waals surface area contributed by atoms with E-state index in [0.29, 0.717) is 0 Å². The van der Waals surface area contributed by atoms with Gasteiger partial charge in [0.1, 0.15) is 5.69 Å². The molecule has 0 radical (unpaired) electrons. The number of rotatable bonds is 4. The summed E-state index contributed by atoms with van der Waals surface area (Å²) in [6.45, 7) is -1.61. The third-order valence-electron chi connectivity index (χ3n) is 1.73. The second-order valence-electron chi connectivity index (χ2n) is 2.96. The molecule has 0 aliphatic heterocycles. The van der Waals surface area contributed by atoms with Crippen molar-refractivity contribution in [3.05, 3.63) is 28.3 Å². The topological polar surface area (TPSA) is 90.4 Å². The summed E-state index contributed by atoms with van der Waals surface area (Å²) in [6.07, 6.45) is -4.57. The second-order valence-corrected chi connectivity index (χ2v) is 2.96. The molecule has 3 N–H and O–H groups in total. The first-order valence-electron chi connectivity index (χ1n) is 4.28. The van der Waals surface area contributed by atoms with Crippen molar-refractivity contribution in [1.82, 2.24) is 0 Å².